The normalized spacial score (nSPS) is 17.0. The van der Waals surface area contributed by atoms with Gasteiger partial charge in [0.05, 0.1) is 29.3 Å². The molecule has 3 aromatic rings. The van der Waals surface area contributed by atoms with Crippen LogP contribution in [-0.4, -0.2) is 43.2 Å². The average molecular weight is 534 g/mol. The van der Waals surface area contributed by atoms with Crippen LogP contribution in [0.4, 0.5) is 4.79 Å². The molecule has 7 heteroatoms. The maximum atomic E-state index is 11.8. The molecule has 2 heterocycles. The van der Waals surface area contributed by atoms with Gasteiger partial charge in [-0.15, -0.1) is 0 Å². The van der Waals surface area contributed by atoms with Crippen molar-refractivity contribution in [2.24, 2.45) is 16.7 Å². The van der Waals surface area contributed by atoms with Crippen molar-refractivity contribution in [1.82, 2.24) is 24.8 Å². The van der Waals surface area contributed by atoms with Gasteiger partial charge in [0.15, 0.2) is 0 Å². The minimum atomic E-state index is -0.984. The predicted molar refractivity (Wildman–Crippen MR) is 158 cm³/mol. The number of hydrogen-bond acceptors (Lipinski definition) is 4. The lowest BCUT2D eigenvalue weighted by atomic mass is 9.70. The molecule has 1 aromatic carbocycles. The molecular formula is C32H47N5O2. The third kappa shape index (κ3) is 6.81. The number of nitrogens with one attached hydrogen (secondary N) is 1. The van der Waals surface area contributed by atoms with Crippen molar-refractivity contribution in [2.75, 3.05) is 6.54 Å². The van der Waals surface area contributed by atoms with Gasteiger partial charge in [-0.2, -0.15) is 0 Å². The Hall–Kier alpha value is -2.93. The van der Waals surface area contributed by atoms with E-state index in [1.54, 1.807) is 0 Å². The highest BCUT2D eigenvalue weighted by atomic mass is 16.4. The van der Waals surface area contributed by atoms with E-state index in [2.05, 4.69) is 93.6 Å². The summed E-state index contributed by atoms with van der Waals surface area (Å²) in [5.41, 5.74) is 4.04. The molecule has 2 atom stereocenters. The monoisotopic (exact) mass is 533 g/mol. The molecule has 39 heavy (non-hydrogen) atoms. The number of carbonyl (C=O) groups is 1. The standard InChI is InChI=1S/C32H47N5O2/c1-22(2)17-19-36(26-16-10-12-23-13-11-18-33-28(23)26)20-27-34-24-14-8-9-15-25(24)37(27)21-32(6,7)29(31(3,4)5)35-30(38)39/h8-9,11,13-15,18,22,26,29,35H,10,12,16-17,19-21H2,1-7H3,(H,38,39). The van der Waals surface area contributed by atoms with E-state index >= 15 is 0 Å². The number of imidazole rings is 1. The topological polar surface area (TPSA) is 83.3 Å². The van der Waals surface area contributed by atoms with E-state index in [1.807, 2.05) is 12.3 Å². The van der Waals surface area contributed by atoms with Crippen molar-refractivity contribution in [3.63, 3.8) is 0 Å². The Morgan fingerprint density at radius 3 is 2.59 bits per heavy atom. The molecule has 7 nitrogen and oxygen atoms in total. The number of aryl methyl sites for hydroxylation is 1. The summed E-state index contributed by atoms with van der Waals surface area (Å²) in [7, 11) is 0. The van der Waals surface area contributed by atoms with Crippen LogP contribution in [0.25, 0.3) is 11.0 Å². The highest BCUT2D eigenvalue weighted by Crippen LogP contribution is 2.38. The lowest BCUT2D eigenvalue weighted by molar-refractivity contribution is 0.0969. The van der Waals surface area contributed by atoms with Gasteiger partial charge in [-0.1, -0.05) is 66.7 Å². The van der Waals surface area contributed by atoms with Gasteiger partial charge in [0, 0.05) is 24.2 Å². The molecular weight excluding hydrogens is 486 g/mol. The van der Waals surface area contributed by atoms with Crippen molar-refractivity contribution in [2.45, 2.75) is 99.3 Å². The summed E-state index contributed by atoms with van der Waals surface area (Å²) >= 11 is 0. The number of benzene rings is 1. The van der Waals surface area contributed by atoms with Gasteiger partial charge < -0.3 is 15.0 Å². The van der Waals surface area contributed by atoms with Gasteiger partial charge in [-0.25, -0.2) is 9.78 Å². The van der Waals surface area contributed by atoms with Crippen LogP contribution in [0.15, 0.2) is 42.6 Å². The van der Waals surface area contributed by atoms with Crippen LogP contribution in [0, 0.1) is 16.7 Å². The summed E-state index contributed by atoms with van der Waals surface area (Å²) < 4.78 is 2.34. The molecule has 212 valence electrons. The number of hydrogen-bond donors (Lipinski definition) is 2. The summed E-state index contributed by atoms with van der Waals surface area (Å²) in [4.78, 5) is 24.4. The molecule has 1 aliphatic carbocycles. The lowest BCUT2D eigenvalue weighted by Gasteiger charge is -2.43. The van der Waals surface area contributed by atoms with E-state index in [4.69, 9.17) is 9.97 Å². The molecule has 1 aliphatic rings. The molecule has 2 aromatic heterocycles. The maximum Gasteiger partial charge on any atom is 0.404 e. The Balaban J connectivity index is 1.74. The summed E-state index contributed by atoms with van der Waals surface area (Å²) in [5, 5.41) is 12.5. The van der Waals surface area contributed by atoms with E-state index in [0.29, 0.717) is 12.5 Å². The third-order valence-electron chi connectivity index (χ3n) is 8.16. The van der Waals surface area contributed by atoms with Crippen LogP contribution in [0.1, 0.15) is 90.9 Å². The van der Waals surface area contributed by atoms with Crippen LogP contribution in [0.3, 0.4) is 0 Å². The van der Waals surface area contributed by atoms with Crippen molar-refractivity contribution >= 4 is 17.1 Å². The van der Waals surface area contributed by atoms with Gasteiger partial charge >= 0.3 is 6.09 Å². The van der Waals surface area contributed by atoms with E-state index in [0.717, 1.165) is 49.2 Å². The Morgan fingerprint density at radius 2 is 1.90 bits per heavy atom. The van der Waals surface area contributed by atoms with Crippen molar-refractivity contribution < 1.29 is 9.90 Å². The summed E-state index contributed by atoms with van der Waals surface area (Å²) in [6.45, 7) is 17.6. The van der Waals surface area contributed by atoms with E-state index in [-0.39, 0.29) is 22.9 Å². The van der Waals surface area contributed by atoms with Crippen molar-refractivity contribution in [1.29, 1.82) is 0 Å². The largest absolute Gasteiger partial charge is 0.465 e. The van der Waals surface area contributed by atoms with Crippen molar-refractivity contribution in [3.05, 3.63) is 59.7 Å². The summed E-state index contributed by atoms with van der Waals surface area (Å²) in [6, 6.07) is 12.6. The fraction of sp³-hybridized carbons (Fsp3) is 0.594. The van der Waals surface area contributed by atoms with Crippen LogP contribution < -0.4 is 5.32 Å². The molecule has 1 amide bonds. The zero-order valence-electron chi connectivity index (χ0n) is 24.9. The second-order valence-electron chi connectivity index (χ2n) is 13.4. The first kappa shape index (κ1) is 29.1. The predicted octanol–water partition coefficient (Wildman–Crippen LogP) is 7.07. The first-order valence-electron chi connectivity index (χ1n) is 14.5. The molecule has 0 radical (unpaired) electrons. The number of amides is 1. The maximum absolute atomic E-state index is 11.8. The summed E-state index contributed by atoms with van der Waals surface area (Å²) in [6.07, 6.45) is 5.41. The SMILES string of the molecule is CC(C)CCN(Cc1nc2ccccc2n1CC(C)(C)C(NC(=O)O)C(C)(C)C)C1CCCc2cccnc21. The first-order valence-corrected chi connectivity index (χ1v) is 14.5. The fourth-order valence-electron chi connectivity index (χ4n) is 6.52. The minimum absolute atomic E-state index is 0.247. The fourth-order valence-corrected chi connectivity index (χ4v) is 6.52. The van der Waals surface area contributed by atoms with E-state index in [1.165, 1.54) is 17.7 Å². The van der Waals surface area contributed by atoms with E-state index in [9.17, 15) is 9.90 Å². The molecule has 0 spiro atoms. The molecule has 0 saturated carbocycles. The van der Waals surface area contributed by atoms with Gasteiger partial charge in [0.25, 0.3) is 0 Å². The summed E-state index contributed by atoms with van der Waals surface area (Å²) in [5.74, 6) is 1.63. The van der Waals surface area contributed by atoms with Crippen molar-refractivity contribution in [3.8, 4) is 0 Å². The lowest BCUT2D eigenvalue weighted by Crippen LogP contribution is -2.53. The van der Waals surface area contributed by atoms with Crippen LogP contribution in [-0.2, 0) is 19.5 Å². The highest BCUT2D eigenvalue weighted by molar-refractivity contribution is 5.76. The van der Waals surface area contributed by atoms with Gasteiger partial charge in [-0.05, 0) is 67.3 Å². The number of nitrogens with zero attached hydrogens (tertiary/aromatic N) is 4. The third-order valence-corrected chi connectivity index (χ3v) is 8.16. The van der Waals surface area contributed by atoms with Gasteiger partial charge in [0.1, 0.15) is 5.82 Å². The van der Waals surface area contributed by atoms with Crippen LogP contribution in [0.5, 0.6) is 0 Å². The first-order chi connectivity index (χ1) is 18.4. The van der Waals surface area contributed by atoms with Crippen LogP contribution >= 0.6 is 0 Å². The molecule has 0 saturated heterocycles. The smallest absolute Gasteiger partial charge is 0.404 e. The molecule has 0 fully saturated rings. The number of pyridine rings is 1. The van der Waals surface area contributed by atoms with Gasteiger partial charge in [-0.3, -0.25) is 9.88 Å². The highest BCUT2D eigenvalue weighted by Gasteiger charge is 2.40. The Bertz CT molecular complexity index is 1270. The molecule has 2 N–H and O–H groups in total. The second-order valence-corrected chi connectivity index (χ2v) is 13.4. The number of fused-ring (bicyclic) bond motifs is 2. The molecule has 2 unspecified atom stereocenters. The molecule has 0 aliphatic heterocycles. The molecule has 0 bridgehead atoms. The number of para-hydroxylation sites is 2. The quantitative estimate of drug-likeness (QED) is 0.291. The zero-order chi connectivity index (χ0) is 28.4. The van der Waals surface area contributed by atoms with Gasteiger partial charge in [0.2, 0.25) is 0 Å². The van der Waals surface area contributed by atoms with E-state index < -0.39 is 6.09 Å². The minimum Gasteiger partial charge on any atom is -0.465 e. The zero-order valence-corrected chi connectivity index (χ0v) is 24.9. The number of aromatic nitrogens is 3. The Morgan fingerprint density at radius 1 is 1.15 bits per heavy atom. The van der Waals surface area contributed by atoms with Crippen LogP contribution in [0.2, 0.25) is 0 Å². The number of carboxylic acid groups (broad SMARTS) is 1. The number of rotatable bonds is 10. The Kier molecular flexibility index (Phi) is 8.69. The average Bonchev–Trinajstić information content (AvgIpc) is 3.20. The Labute approximate surface area is 234 Å². The second kappa shape index (κ2) is 11.7. The molecule has 4 rings (SSSR count).